The van der Waals surface area contributed by atoms with Gasteiger partial charge in [-0.05, 0) is 42.7 Å². The summed E-state index contributed by atoms with van der Waals surface area (Å²) in [4.78, 5) is 4.15. The Labute approximate surface area is 104 Å². The SMILES string of the molecule is Cc1ccc(C(N)Cc2cc(F)cc(F)c2)cn1. The molecule has 1 aromatic carbocycles. The lowest BCUT2D eigenvalue weighted by Crippen LogP contribution is -2.14. The number of rotatable bonds is 3. The van der Waals surface area contributed by atoms with Gasteiger partial charge in [-0.2, -0.15) is 0 Å². The summed E-state index contributed by atoms with van der Waals surface area (Å²) in [5, 5.41) is 0. The Kier molecular flexibility index (Phi) is 3.67. The summed E-state index contributed by atoms with van der Waals surface area (Å²) in [5.74, 6) is -1.17. The van der Waals surface area contributed by atoms with Crippen LogP contribution in [-0.2, 0) is 6.42 Å². The molecule has 2 rings (SSSR count). The number of pyridine rings is 1. The lowest BCUT2D eigenvalue weighted by atomic mass is 10.0. The fourth-order valence-electron chi connectivity index (χ4n) is 1.80. The van der Waals surface area contributed by atoms with Crippen LogP contribution in [0.15, 0.2) is 36.5 Å². The Morgan fingerprint density at radius 3 is 2.39 bits per heavy atom. The fraction of sp³-hybridized carbons (Fsp3) is 0.214. The highest BCUT2D eigenvalue weighted by Crippen LogP contribution is 2.17. The number of benzene rings is 1. The van der Waals surface area contributed by atoms with E-state index in [0.717, 1.165) is 17.3 Å². The van der Waals surface area contributed by atoms with Gasteiger partial charge in [0.15, 0.2) is 0 Å². The van der Waals surface area contributed by atoms with Crippen molar-refractivity contribution >= 4 is 0 Å². The normalized spacial score (nSPS) is 12.4. The van der Waals surface area contributed by atoms with Crippen LogP contribution < -0.4 is 5.73 Å². The summed E-state index contributed by atoms with van der Waals surface area (Å²) < 4.78 is 26.1. The van der Waals surface area contributed by atoms with E-state index in [2.05, 4.69) is 4.98 Å². The van der Waals surface area contributed by atoms with E-state index in [-0.39, 0.29) is 6.04 Å². The Hall–Kier alpha value is -1.81. The second-order valence-electron chi connectivity index (χ2n) is 4.32. The molecule has 0 spiro atoms. The van der Waals surface area contributed by atoms with Crippen molar-refractivity contribution < 1.29 is 8.78 Å². The van der Waals surface area contributed by atoms with Crippen LogP contribution in [0.5, 0.6) is 0 Å². The monoisotopic (exact) mass is 248 g/mol. The zero-order valence-electron chi connectivity index (χ0n) is 10.0. The summed E-state index contributed by atoms with van der Waals surface area (Å²) in [5.41, 5.74) is 8.29. The number of nitrogens with zero attached hydrogens (tertiary/aromatic N) is 1. The first-order valence-corrected chi connectivity index (χ1v) is 5.67. The molecule has 0 aliphatic heterocycles. The third-order valence-corrected chi connectivity index (χ3v) is 2.74. The summed E-state index contributed by atoms with van der Waals surface area (Å²) in [7, 11) is 0. The summed E-state index contributed by atoms with van der Waals surface area (Å²) in [6.07, 6.45) is 2.06. The van der Waals surface area contributed by atoms with E-state index in [4.69, 9.17) is 5.73 Å². The molecule has 0 saturated heterocycles. The number of aromatic nitrogens is 1. The van der Waals surface area contributed by atoms with Crippen LogP contribution in [0.2, 0.25) is 0 Å². The molecule has 1 heterocycles. The summed E-state index contributed by atoms with van der Waals surface area (Å²) >= 11 is 0. The highest BCUT2D eigenvalue weighted by atomic mass is 19.1. The van der Waals surface area contributed by atoms with Crippen LogP contribution in [0.4, 0.5) is 8.78 Å². The average molecular weight is 248 g/mol. The molecule has 1 aromatic heterocycles. The minimum Gasteiger partial charge on any atom is -0.324 e. The molecule has 18 heavy (non-hydrogen) atoms. The van der Waals surface area contributed by atoms with Crippen molar-refractivity contribution in [3.05, 3.63) is 65.0 Å². The second kappa shape index (κ2) is 5.23. The van der Waals surface area contributed by atoms with E-state index in [9.17, 15) is 8.78 Å². The fourth-order valence-corrected chi connectivity index (χ4v) is 1.80. The van der Waals surface area contributed by atoms with Gasteiger partial charge in [0.2, 0.25) is 0 Å². The highest BCUT2D eigenvalue weighted by Gasteiger charge is 2.09. The van der Waals surface area contributed by atoms with Gasteiger partial charge >= 0.3 is 0 Å². The van der Waals surface area contributed by atoms with E-state index in [1.54, 1.807) is 6.20 Å². The van der Waals surface area contributed by atoms with Gasteiger partial charge in [-0.15, -0.1) is 0 Å². The number of aryl methyl sites for hydroxylation is 1. The van der Waals surface area contributed by atoms with Crippen molar-refractivity contribution in [1.82, 2.24) is 4.98 Å². The maximum absolute atomic E-state index is 13.0. The molecule has 0 fully saturated rings. The zero-order valence-corrected chi connectivity index (χ0v) is 10.0. The standard InChI is InChI=1S/C14H14F2N2/c1-9-2-3-11(8-18-9)14(17)6-10-4-12(15)7-13(16)5-10/h2-5,7-8,14H,6,17H2,1H3. The van der Waals surface area contributed by atoms with E-state index in [0.29, 0.717) is 12.0 Å². The molecule has 2 N–H and O–H groups in total. The van der Waals surface area contributed by atoms with Gasteiger partial charge in [0.1, 0.15) is 11.6 Å². The molecular formula is C14H14F2N2. The highest BCUT2D eigenvalue weighted by molar-refractivity contribution is 5.23. The topological polar surface area (TPSA) is 38.9 Å². The van der Waals surface area contributed by atoms with Crippen LogP contribution in [0, 0.1) is 18.6 Å². The summed E-state index contributed by atoms with van der Waals surface area (Å²) in [6, 6.07) is 6.86. The number of hydrogen-bond donors (Lipinski definition) is 1. The smallest absolute Gasteiger partial charge is 0.126 e. The lowest BCUT2D eigenvalue weighted by Gasteiger charge is -2.12. The molecule has 2 nitrogen and oxygen atoms in total. The molecule has 0 amide bonds. The number of nitrogens with two attached hydrogens (primary N) is 1. The minimum absolute atomic E-state index is 0.320. The maximum Gasteiger partial charge on any atom is 0.126 e. The molecule has 0 aliphatic rings. The molecule has 0 radical (unpaired) electrons. The lowest BCUT2D eigenvalue weighted by molar-refractivity contribution is 0.576. The van der Waals surface area contributed by atoms with Crippen molar-refractivity contribution in [2.75, 3.05) is 0 Å². The quantitative estimate of drug-likeness (QED) is 0.907. The van der Waals surface area contributed by atoms with Gasteiger partial charge in [0.05, 0.1) is 0 Å². The average Bonchev–Trinajstić information content (AvgIpc) is 2.28. The molecular weight excluding hydrogens is 234 g/mol. The van der Waals surface area contributed by atoms with Gasteiger partial charge in [-0.1, -0.05) is 6.07 Å². The third kappa shape index (κ3) is 3.11. The Balaban J connectivity index is 2.15. The van der Waals surface area contributed by atoms with Gasteiger partial charge in [0.25, 0.3) is 0 Å². The van der Waals surface area contributed by atoms with Crippen molar-refractivity contribution in [1.29, 1.82) is 0 Å². The predicted molar refractivity (Wildman–Crippen MR) is 66.0 cm³/mol. The Morgan fingerprint density at radius 2 is 1.83 bits per heavy atom. The van der Waals surface area contributed by atoms with Gasteiger partial charge < -0.3 is 5.73 Å². The van der Waals surface area contributed by atoms with Gasteiger partial charge in [-0.3, -0.25) is 4.98 Å². The zero-order chi connectivity index (χ0) is 13.1. The molecule has 2 aromatic rings. The number of hydrogen-bond acceptors (Lipinski definition) is 2. The van der Waals surface area contributed by atoms with Gasteiger partial charge in [-0.25, -0.2) is 8.78 Å². The van der Waals surface area contributed by atoms with Crippen molar-refractivity contribution in [2.45, 2.75) is 19.4 Å². The maximum atomic E-state index is 13.0. The van der Waals surface area contributed by atoms with Crippen molar-refractivity contribution in [3.8, 4) is 0 Å². The minimum atomic E-state index is -0.584. The third-order valence-electron chi connectivity index (χ3n) is 2.74. The van der Waals surface area contributed by atoms with Gasteiger partial charge in [0, 0.05) is 24.0 Å². The molecule has 1 atom stereocenters. The predicted octanol–water partition coefficient (Wildman–Crippen LogP) is 2.91. The Morgan fingerprint density at radius 1 is 1.17 bits per heavy atom. The second-order valence-corrected chi connectivity index (χ2v) is 4.32. The molecule has 1 unspecified atom stereocenters. The van der Waals surface area contributed by atoms with E-state index in [1.165, 1.54) is 12.1 Å². The van der Waals surface area contributed by atoms with Crippen LogP contribution in [-0.4, -0.2) is 4.98 Å². The largest absolute Gasteiger partial charge is 0.324 e. The first kappa shape index (κ1) is 12.6. The van der Waals surface area contributed by atoms with E-state index >= 15 is 0 Å². The molecule has 94 valence electrons. The molecule has 0 bridgehead atoms. The first-order chi connectivity index (χ1) is 8.54. The first-order valence-electron chi connectivity index (χ1n) is 5.67. The molecule has 4 heteroatoms. The van der Waals surface area contributed by atoms with E-state index < -0.39 is 11.6 Å². The molecule has 0 aliphatic carbocycles. The van der Waals surface area contributed by atoms with Crippen LogP contribution >= 0.6 is 0 Å². The Bertz CT molecular complexity index is 518. The van der Waals surface area contributed by atoms with Crippen molar-refractivity contribution in [2.24, 2.45) is 5.73 Å². The molecule has 0 saturated carbocycles. The van der Waals surface area contributed by atoms with Crippen LogP contribution in [0.25, 0.3) is 0 Å². The van der Waals surface area contributed by atoms with E-state index in [1.807, 2.05) is 19.1 Å². The van der Waals surface area contributed by atoms with Crippen LogP contribution in [0.1, 0.15) is 22.9 Å². The summed E-state index contributed by atoms with van der Waals surface area (Å²) in [6.45, 7) is 1.89. The van der Waals surface area contributed by atoms with Crippen molar-refractivity contribution in [3.63, 3.8) is 0 Å². The van der Waals surface area contributed by atoms with Crippen LogP contribution in [0.3, 0.4) is 0 Å². The number of halogens is 2.